The van der Waals surface area contributed by atoms with Crippen molar-refractivity contribution in [3.05, 3.63) is 54.1 Å². The number of hydrazone groups is 1. The van der Waals surface area contributed by atoms with Gasteiger partial charge in [-0.15, -0.1) is 6.42 Å². The van der Waals surface area contributed by atoms with Gasteiger partial charge in [-0.3, -0.25) is 9.59 Å². The van der Waals surface area contributed by atoms with Crippen LogP contribution in [0.15, 0.2) is 53.6 Å². The summed E-state index contributed by atoms with van der Waals surface area (Å²) in [7, 11) is 0. The third-order valence-electron chi connectivity index (χ3n) is 3.36. The van der Waals surface area contributed by atoms with Gasteiger partial charge in [-0.1, -0.05) is 24.1 Å². The summed E-state index contributed by atoms with van der Waals surface area (Å²) in [6, 6.07) is 14.1. The fourth-order valence-corrected chi connectivity index (χ4v) is 2.20. The standard InChI is InChI=1S/C21H21N3O4/c1-3-12-28-18-11-10-16(13-19(18)27-4-2)15-22-24-21(26)14-20(25)23-17-8-6-5-7-9-17/h1,5-11,13,15H,4,12,14H2,2H3,(H,23,25)(H,24,26). The highest BCUT2D eigenvalue weighted by Gasteiger charge is 2.09. The summed E-state index contributed by atoms with van der Waals surface area (Å²) >= 11 is 0. The predicted molar refractivity (Wildman–Crippen MR) is 107 cm³/mol. The van der Waals surface area contributed by atoms with E-state index in [2.05, 4.69) is 21.8 Å². The van der Waals surface area contributed by atoms with Gasteiger partial charge in [0.15, 0.2) is 11.5 Å². The Morgan fingerprint density at radius 2 is 1.89 bits per heavy atom. The molecule has 0 saturated carbocycles. The molecule has 0 aromatic heterocycles. The summed E-state index contributed by atoms with van der Waals surface area (Å²) in [5.41, 5.74) is 3.63. The number of nitrogens with one attached hydrogen (secondary N) is 2. The molecule has 2 aromatic carbocycles. The number of anilines is 1. The SMILES string of the molecule is C#CCOc1ccc(C=NNC(=O)CC(=O)Nc2ccccc2)cc1OCC. The van der Waals surface area contributed by atoms with E-state index in [0.29, 0.717) is 29.4 Å². The van der Waals surface area contributed by atoms with E-state index < -0.39 is 11.8 Å². The third kappa shape index (κ3) is 6.84. The molecule has 2 rings (SSSR count). The maximum atomic E-state index is 11.8. The van der Waals surface area contributed by atoms with Crippen LogP contribution in [0.2, 0.25) is 0 Å². The van der Waals surface area contributed by atoms with Gasteiger partial charge in [-0.2, -0.15) is 5.10 Å². The van der Waals surface area contributed by atoms with Crippen molar-refractivity contribution in [1.82, 2.24) is 5.43 Å². The average Bonchev–Trinajstić information content (AvgIpc) is 2.68. The number of nitrogens with zero attached hydrogens (tertiary/aromatic N) is 1. The fourth-order valence-electron chi connectivity index (χ4n) is 2.20. The van der Waals surface area contributed by atoms with Gasteiger partial charge < -0.3 is 14.8 Å². The molecule has 0 radical (unpaired) electrons. The van der Waals surface area contributed by atoms with Gasteiger partial charge in [0, 0.05) is 5.69 Å². The lowest BCUT2D eigenvalue weighted by Crippen LogP contribution is -2.24. The van der Waals surface area contributed by atoms with Crippen LogP contribution < -0.4 is 20.2 Å². The summed E-state index contributed by atoms with van der Waals surface area (Å²) in [5.74, 6) is 2.50. The minimum atomic E-state index is -0.524. The first-order valence-corrected chi connectivity index (χ1v) is 8.62. The summed E-state index contributed by atoms with van der Waals surface area (Å²) in [6.07, 6.45) is 6.30. The van der Waals surface area contributed by atoms with Gasteiger partial charge in [0.2, 0.25) is 11.8 Å². The lowest BCUT2D eigenvalue weighted by atomic mass is 10.2. The quantitative estimate of drug-likeness (QED) is 0.303. The van der Waals surface area contributed by atoms with Crippen molar-refractivity contribution in [3.63, 3.8) is 0 Å². The molecule has 7 heteroatoms. The molecule has 0 fully saturated rings. The van der Waals surface area contributed by atoms with Gasteiger partial charge in [0.25, 0.3) is 0 Å². The van der Waals surface area contributed by atoms with E-state index in [1.165, 1.54) is 6.21 Å². The Hall–Kier alpha value is -3.79. The summed E-state index contributed by atoms with van der Waals surface area (Å²) in [6.45, 7) is 2.45. The molecule has 0 aliphatic rings. The summed E-state index contributed by atoms with van der Waals surface area (Å²) < 4.78 is 10.9. The Kier molecular flexibility index (Phi) is 8.09. The van der Waals surface area contributed by atoms with Gasteiger partial charge in [-0.25, -0.2) is 5.43 Å². The van der Waals surface area contributed by atoms with E-state index in [4.69, 9.17) is 15.9 Å². The average molecular weight is 379 g/mol. The van der Waals surface area contributed by atoms with Crippen molar-refractivity contribution in [2.45, 2.75) is 13.3 Å². The zero-order valence-electron chi connectivity index (χ0n) is 15.5. The maximum Gasteiger partial charge on any atom is 0.249 e. The van der Waals surface area contributed by atoms with Crippen molar-refractivity contribution in [1.29, 1.82) is 0 Å². The summed E-state index contributed by atoms with van der Waals surface area (Å²) in [5, 5.41) is 6.49. The minimum Gasteiger partial charge on any atom is -0.490 e. The van der Waals surface area contributed by atoms with Crippen molar-refractivity contribution in [3.8, 4) is 23.8 Å². The van der Waals surface area contributed by atoms with Crippen LogP contribution in [0.25, 0.3) is 0 Å². The van der Waals surface area contributed by atoms with Crippen molar-refractivity contribution < 1.29 is 19.1 Å². The van der Waals surface area contributed by atoms with Crippen LogP contribution in [-0.2, 0) is 9.59 Å². The number of carbonyl (C=O) groups is 2. The van der Waals surface area contributed by atoms with Gasteiger partial charge in [0.1, 0.15) is 13.0 Å². The van der Waals surface area contributed by atoms with E-state index in [1.807, 2.05) is 13.0 Å². The smallest absolute Gasteiger partial charge is 0.249 e. The lowest BCUT2D eigenvalue weighted by molar-refractivity contribution is -0.126. The maximum absolute atomic E-state index is 11.8. The molecule has 0 heterocycles. The molecule has 0 saturated heterocycles. The molecule has 0 spiro atoms. The Bertz CT molecular complexity index is 873. The monoisotopic (exact) mass is 379 g/mol. The Labute approximate surface area is 163 Å². The first kappa shape index (κ1) is 20.5. The van der Waals surface area contributed by atoms with Crippen LogP contribution in [0, 0.1) is 12.3 Å². The normalized spacial score (nSPS) is 10.1. The van der Waals surface area contributed by atoms with Crippen LogP contribution in [0.5, 0.6) is 11.5 Å². The molecule has 0 bridgehead atoms. The molecule has 2 N–H and O–H groups in total. The van der Waals surface area contributed by atoms with E-state index in [-0.39, 0.29) is 13.0 Å². The fraction of sp³-hybridized carbons (Fsp3) is 0.190. The molecule has 2 amide bonds. The Morgan fingerprint density at radius 1 is 1.11 bits per heavy atom. The van der Waals surface area contributed by atoms with Crippen LogP contribution in [0.1, 0.15) is 18.9 Å². The molecule has 2 aromatic rings. The highest BCUT2D eigenvalue weighted by molar-refractivity contribution is 6.03. The van der Waals surface area contributed by atoms with Gasteiger partial charge in [-0.05, 0) is 42.8 Å². The number of hydrogen-bond donors (Lipinski definition) is 2. The first-order chi connectivity index (χ1) is 13.6. The van der Waals surface area contributed by atoms with Crippen LogP contribution >= 0.6 is 0 Å². The highest BCUT2D eigenvalue weighted by Crippen LogP contribution is 2.27. The Balaban J connectivity index is 1.88. The van der Waals surface area contributed by atoms with Crippen molar-refractivity contribution in [2.24, 2.45) is 5.10 Å². The highest BCUT2D eigenvalue weighted by atomic mass is 16.5. The number of terminal acetylenes is 1. The minimum absolute atomic E-state index is 0.134. The zero-order valence-corrected chi connectivity index (χ0v) is 15.5. The van der Waals surface area contributed by atoms with E-state index in [9.17, 15) is 9.59 Å². The zero-order chi connectivity index (χ0) is 20.2. The molecular formula is C21H21N3O4. The summed E-state index contributed by atoms with van der Waals surface area (Å²) in [4.78, 5) is 23.7. The Morgan fingerprint density at radius 3 is 2.61 bits per heavy atom. The topological polar surface area (TPSA) is 89.0 Å². The van der Waals surface area contributed by atoms with Gasteiger partial charge in [0.05, 0.1) is 12.8 Å². The second-order valence-corrected chi connectivity index (χ2v) is 5.52. The van der Waals surface area contributed by atoms with E-state index in [1.54, 1.807) is 42.5 Å². The van der Waals surface area contributed by atoms with Crippen molar-refractivity contribution in [2.75, 3.05) is 18.5 Å². The molecule has 7 nitrogen and oxygen atoms in total. The molecule has 0 unspecified atom stereocenters. The second kappa shape index (κ2) is 11.0. The predicted octanol–water partition coefficient (Wildman–Crippen LogP) is 2.58. The molecule has 144 valence electrons. The lowest BCUT2D eigenvalue weighted by Gasteiger charge is -2.10. The molecule has 28 heavy (non-hydrogen) atoms. The van der Waals surface area contributed by atoms with Crippen LogP contribution in [0.4, 0.5) is 5.69 Å². The molecule has 0 aliphatic carbocycles. The first-order valence-electron chi connectivity index (χ1n) is 8.62. The molecular weight excluding hydrogens is 358 g/mol. The number of ether oxygens (including phenoxy) is 2. The van der Waals surface area contributed by atoms with Gasteiger partial charge >= 0.3 is 0 Å². The van der Waals surface area contributed by atoms with E-state index in [0.717, 1.165) is 0 Å². The largest absolute Gasteiger partial charge is 0.490 e. The third-order valence-corrected chi connectivity index (χ3v) is 3.36. The van der Waals surface area contributed by atoms with Crippen LogP contribution in [0.3, 0.4) is 0 Å². The molecule has 0 atom stereocenters. The van der Waals surface area contributed by atoms with Crippen molar-refractivity contribution >= 4 is 23.7 Å². The number of amides is 2. The number of para-hydroxylation sites is 1. The number of benzene rings is 2. The van der Waals surface area contributed by atoms with E-state index >= 15 is 0 Å². The number of carbonyl (C=O) groups excluding carboxylic acids is 2. The second-order valence-electron chi connectivity index (χ2n) is 5.52. The molecule has 0 aliphatic heterocycles. The number of hydrogen-bond acceptors (Lipinski definition) is 5. The van der Waals surface area contributed by atoms with Crippen LogP contribution in [-0.4, -0.2) is 31.2 Å². The number of rotatable bonds is 9.